The van der Waals surface area contributed by atoms with E-state index in [0.717, 1.165) is 25.4 Å². The van der Waals surface area contributed by atoms with Crippen LogP contribution in [0.2, 0.25) is 5.02 Å². The van der Waals surface area contributed by atoms with Crippen LogP contribution in [0.5, 0.6) is 11.5 Å². The van der Waals surface area contributed by atoms with Gasteiger partial charge < -0.3 is 18.8 Å². The highest BCUT2D eigenvalue weighted by Crippen LogP contribution is 2.19. The molecule has 6 nitrogen and oxygen atoms in total. The van der Waals surface area contributed by atoms with Gasteiger partial charge in [0.1, 0.15) is 23.9 Å². The number of furan rings is 1. The van der Waals surface area contributed by atoms with Gasteiger partial charge in [-0.3, -0.25) is 9.69 Å². The first-order chi connectivity index (χ1) is 15.1. The molecule has 0 atom stereocenters. The number of benzene rings is 2. The van der Waals surface area contributed by atoms with Crippen molar-refractivity contribution in [2.75, 3.05) is 33.3 Å². The van der Waals surface area contributed by atoms with Gasteiger partial charge in [0.2, 0.25) is 0 Å². The largest absolute Gasteiger partial charge is 0.497 e. The number of nitrogens with zero attached hydrogens (tertiary/aromatic N) is 2. The van der Waals surface area contributed by atoms with Crippen LogP contribution in [0.4, 0.5) is 0 Å². The second kappa shape index (κ2) is 9.90. The molecule has 0 N–H and O–H groups in total. The quantitative estimate of drug-likeness (QED) is 0.542. The van der Waals surface area contributed by atoms with E-state index in [2.05, 4.69) is 11.0 Å². The summed E-state index contributed by atoms with van der Waals surface area (Å²) >= 11 is 5.88. The number of halogens is 1. The molecular weight excluding hydrogens is 416 g/mol. The van der Waals surface area contributed by atoms with Gasteiger partial charge in [-0.25, -0.2) is 0 Å². The molecule has 1 amide bonds. The average Bonchev–Trinajstić information content (AvgIpc) is 3.28. The molecule has 2 aromatic carbocycles. The van der Waals surface area contributed by atoms with Crippen LogP contribution in [0, 0.1) is 0 Å². The zero-order valence-electron chi connectivity index (χ0n) is 17.4. The van der Waals surface area contributed by atoms with Crippen molar-refractivity contribution < 1.29 is 18.7 Å². The van der Waals surface area contributed by atoms with Gasteiger partial charge in [-0.1, -0.05) is 23.7 Å². The second-order valence-electron chi connectivity index (χ2n) is 7.43. The smallest absolute Gasteiger partial charge is 0.289 e. The van der Waals surface area contributed by atoms with Gasteiger partial charge >= 0.3 is 0 Å². The molecule has 0 radical (unpaired) electrons. The van der Waals surface area contributed by atoms with Crippen LogP contribution in [0.1, 0.15) is 21.9 Å². The fourth-order valence-corrected chi connectivity index (χ4v) is 3.68. The number of hydrogen-bond acceptors (Lipinski definition) is 5. The third-order valence-electron chi connectivity index (χ3n) is 5.27. The van der Waals surface area contributed by atoms with Crippen molar-refractivity contribution in [2.45, 2.75) is 13.2 Å². The van der Waals surface area contributed by atoms with Crippen LogP contribution in [0.25, 0.3) is 0 Å². The lowest BCUT2D eigenvalue weighted by molar-refractivity contribution is 0.0594. The van der Waals surface area contributed by atoms with Gasteiger partial charge in [-0.15, -0.1) is 0 Å². The number of rotatable bonds is 7. The van der Waals surface area contributed by atoms with E-state index in [1.807, 2.05) is 23.1 Å². The van der Waals surface area contributed by atoms with Crippen molar-refractivity contribution in [1.29, 1.82) is 0 Å². The van der Waals surface area contributed by atoms with Crippen LogP contribution < -0.4 is 9.47 Å². The molecule has 0 unspecified atom stereocenters. The summed E-state index contributed by atoms with van der Waals surface area (Å²) in [5, 5.41) is 0.654. The third-order valence-corrected chi connectivity index (χ3v) is 5.52. The lowest BCUT2D eigenvalue weighted by atomic mass is 10.2. The molecule has 1 aliphatic heterocycles. The molecule has 162 valence electrons. The van der Waals surface area contributed by atoms with Gasteiger partial charge in [0.15, 0.2) is 5.76 Å². The highest BCUT2D eigenvalue weighted by molar-refractivity contribution is 6.30. The van der Waals surface area contributed by atoms with Gasteiger partial charge in [0.05, 0.1) is 7.11 Å². The van der Waals surface area contributed by atoms with Crippen molar-refractivity contribution in [3.05, 3.63) is 82.8 Å². The standard InChI is InChI=1S/C24H25ClN2O4/c1-29-21-4-2-3-18(15-21)16-26-11-13-27(14-12-26)24(28)23-10-9-22(31-23)17-30-20-7-5-19(25)6-8-20/h2-10,15H,11-14,16-17H2,1H3. The molecule has 1 aliphatic rings. The maximum Gasteiger partial charge on any atom is 0.289 e. The zero-order chi connectivity index (χ0) is 21.6. The predicted molar refractivity (Wildman–Crippen MR) is 119 cm³/mol. The summed E-state index contributed by atoms with van der Waals surface area (Å²) < 4.78 is 16.7. The summed E-state index contributed by atoms with van der Waals surface area (Å²) in [5.41, 5.74) is 1.20. The first kappa shape index (κ1) is 21.3. The summed E-state index contributed by atoms with van der Waals surface area (Å²) in [6.07, 6.45) is 0. The minimum Gasteiger partial charge on any atom is -0.497 e. The van der Waals surface area contributed by atoms with Crippen LogP contribution in [-0.4, -0.2) is 49.0 Å². The Labute approximate surface area is 186 Å². The first-order valence-corrected chi connectivity index (χ1v) is 10.6. The van der Waals surface area contributed by atoms with E-state index < -0.39 is 0 Å². The lowest BCUT2D eigenvalue weighted by Gasteiger charge is -2.34. The Bertz CT molecular complexity index is 1010. The molecule has 7 heteroatoms. The Morgan fingerprint density at radius 2 is 1.77 bits per heavy atom. The van der Waals surface area contributed by atoms with E-state index in [-0.39, 0.29) is 12.5 Å². The molecule has 1 saturated heterocycles. The first-order valence-electron chi connectivity index (χ1n) is 10.2. The molecule has 1 aromatic heterocycles. The highest BCUT2D eigenvalue weighted by atomic mass is 35.5. The summed E-state index contributed by atoms with van der Waals surface area (Å²) in [6.45, 7) is 4.06. The Balaban J connectivity index is 1.27. The summed E-state index contributed by atoms with van der Waals surface area (Å²) in [5.74, 6) is 2.42. The molecule has 1 fully saturated rings. The topological polar surface area (TPSA) is 55.2 Å². The highest BCUT2D eigenvalue weighted by Gasteiger charge is 2.24. The minimum absolute atomic E-state index is 0.0845. The van der Waals surface area contributed by atoms with E-state index in [0.29, 0.717) is 35.4 Å². The maximum absolute atomic E-state index is 12.8. The summed E-state index contributed by atoms with van der Waals surface area (Å²) in [6, 6.07) is 18.7. The Morgan fingerprint density at radius 3 is 2.52 bits per heavy atom. The van der Waals surface area contributed by atoms with Gasteiger partial charge in [-0.2, -0.15) is 0 Å². The van der Waals surface area contributed by atoms with Crippen LogP contribution in [0.3, 0.4) is 0 Å². The van der Waals surface area contributed by atoms with Crippen LogP contribution >= 0.6 is 11.6 Å². The molecule has 31 heavy (non-hydrogen) atoms. The fraction of sp³-hybridized carbons (Fsp3) is 0.292. The van der Waals surface area contributed by atoms with Crippen LogP contribution in [0.15, 0.2) is 65.1 Å². The average molecular weight is 441 g/mol. The molecule has 0 spiro atoms. The molecule has 2 heterocycles. The van der Waals surface area contributed by atoms with Gasteiger partial charge in [0.25, 0.3) is 5.91 Å². The van der Waals surface area contributed by atoms with Crippen molar-refractivity contribution in [3.8, 4) is 11.5 Å². The molecule has 0 saturated carbocycles. The maximum atomic E-state index is 12.8. The van der Waals surface area contributed by atoms with Crippen molar-refractivity contribution in [2.24, 2.45) is 0 Å². The molecule has 0 bridgehead atoms. The number of carbonyl (C=O) groups excluding carboxylic acids is 1. The van der Waals surface area contributed by atoms with Gasteiger partial charge in [0, 0.05) is 37.7 Å². The zero-order valence-corrected chi connectivity index (χ0v) is 18.2. The summed E-state index contributed by atoms with van der Waals surface area (Å²) in [4.78, 5) is 17.0. The number of piperazine rings is 1. The lowest BCUT2D eigenvalue weighted by Crippen LogP contribution is -2.48. The molecular formula is C24H25ClN2O4. The Kier molecular flexibility index (Phi) is 6.79. The van der Waals surface area contributed by atoms with Crippen molar-refractivity contribution in [1.82, 2.24) is 9.80 Å². The van der Waals surface area contributed by atoms with E-state index in [4.69, 9.17) is 25.5 Å². The minimum atomic E-state index is -0.0845. The third kappa shape index (κ3) is 5.60. The van der Waals surface area contributed by atoms with E-state index >= 15 is 0 Å². The Morgan fingerprint density at radius 1 is 1.00 bits per heavy atom. The summed E-state index contributed by atoms with van der Waals surface area (Å²) in [7, 11) is 1.67. The number of carbonyl (C=O) groups is 1. The molecule has 0 aliphatic carbocycles. The molecule has 3 aromatic rings. The number of amides is 1. The van der Waals surface area contributed by atoms with E-state index in [9.17, 15) is 4.79 Å². The SMILES string of the molecule is COc1cccc(CN2CCN(C(=O)c3ccc(COc4ccc(Cl)cc4)o3)CC2)c1. The van der Waals surface area contributed by atoms with Crippen molar-refractivity contribution >= 4 is 17.5 Å². The Hall–Kier alpha value is -2.96. The normalized spacial score (nSPS) is 14.5. The monoisotopic (exact) mass is 440 g/mol. The van der Waals surface area contributed by atoms with Gasteiger partial charge in [-0.05, 0) is 54.1 Å². The fourth-order valence-electron chi connectivity index (χ4n) is 3.55. The molecule has 4 rings (SSSR count). The van der Waals surface area contributed by atoms with Crippen molar-refractivity contribution in [3.63, 3.8) is 0 Å². The van der Waals surface area contributed by atoms with Crippen LogP contribution in [-0.2, 0) is 13.2 Å². The van der Waals surface area contributed by atoms with E-state index in [1.165, 1.54) is 5.56 Å². The number of hydrogen-bond donors (Lipinski definition) is 0. The second-order valence-corrected chi connectivity index (χ2v) is 7.86. The predicted octanol–water partition coefficient (Wildman–Crippen LogP) is 4.48. The number of methoxy groups -OCH3 is 1. The van der Waals surface area contributed by atoms with E-state index in [1.54, 1.807) is 43.5 Å². The number of ether oxygens (including phenoxy) is 2.